The van der Waals surface area contributed by atoms with Gasteiger partial charge in [-0.15, -0.1) is 0 Å². The first-order valence-corrected chi connectivity index (χ1v) is 5.69. The third-order valence-corrected chi connectivity index (χ3v) is 2.82. The van der Waals surface area contributed by atoms with E-state index < -0.39 is 34.6 Å². The van der Waals surface area contributed by atoms with Crippen LogP contribution >= 0.6 is 0 Å². The first-order chi connectivity index (χ1) is 8.89. The summed E-state index contributed by atoms with van der Waals surface area (Å²) < 4.78 is 44.4. The third-order valence-electron chi connectivity index (χ3n) is 2.82. The minimum Gasteiger partial charge on any atom is -0.363 e. The van der Waals surface area contributed by atoms with E-state index in [4.69, 9.17) is 4.74 Å². The summed E-state index contributed by atoms with van der Waals surface area (Å²) in [7, 11) is 0. The molecule has 0 spiro atoms. The number of hydrogen-bond donors (Lipinski definition) is 2. The summed E-state index contributed by atoms with van der Waals surface area (Å²) in [6.07, 6.45) is 0. The number of anilines is 1. The van der Waals surface area contributed by atoms with Gasteiger partial charge in [0.2, 0.25) is 5.91 Å². The van der Waals surface area contributed by atoms with Crippen molar-refractivity contribution in [2.45, 2.75) is 12.5 Å². The van der Waals surface area contributed by atoms with Gasteiger partial charge in [-0.2, -0.15) is 0 Å². The second-order valence-electron chi connectivity index (χ2n) is 4.64. The van der Waals surface area contributed by atoms with Crippen LogP contribution in [0.1, 0.15) is 6.92 Å². The number of amides is 1. The van der Waals surface area contributed by atoms with E-state index in [9.17, 15) is 18.0 Å². The van der Waals surface area contributed by atoms with Crippen molar-refractivity contribution in [1.29, 1.82) is 0 Å². The van der Waals surface area contributed by atoms with E-state index in [2.05, 4.69) is 10.6 Å². The summed E-state index contributed by atoms with van der Waals surface area (Å²) in [5.74, 6) is -4.29. The molecular weight excluding hydrogens is 261 g/mol. The molecule has 1 fully saturated rings. The highest BCUT2D eigenvalue weighted by Crippen LogP contribution is 2.19. The van der Waals surface area contributed by atoms with E-state index in [1.807, 2.05) is 6.92 Å². The number of halogens is 3. The van der Waals surface area contributed by atoms with E-state index in [1.54, 1.807) is 0 Å². The molecule has 0 unspecified atom stereocenters. The molecule has 0 radical (unpaired) electrons. The van der Waals surface area contributed by atoms with Gasteiger partial charge >= 0.3 is 0 Å². The van der Waals surface area contributed by atoms with Crippen LogP contribution < -0.4 is 10.6 Å². The smallest absolute Gasteiger partial charge is 0.250 e. The van der Waals surface area contributed by atoms with Crippen LogP contribution in [0, 0.1) is 17.5 Å². The van der Waals surface area contributed by atoms with Crippen molar-refractivity contribution in [2.75, 3.05) is 25.0 Å². The van der Waals surface area contributed by atoms with E-state index in [1.165, 1.54) is 0 Å². The molecule has 104 valence electrons. The Morgan fingerprint density at radius 2 is 2.11 bits per heavy atom. The second kappa shape index (κ2) is 5.18. The van der Waals surface area contributed by atoms with E-state index >= 15 is 0 Å². The Morgan fingerprint density at radius 3 is 2.68 bits per heavy atom. The normalized spacial score (nSPS) is 16.8. The predicted octanol–water partition coefficient (Wildman–Crippen LogP) is 1.42. The number of carbonyl (C=O) groups excluding carboxylic acids is 1. The first kappa shape index (κ1) is 13.8. The number of benzene rings is 1. The maximum Gasteiger partial charge on any atom is 0.250 e. The van der Waals surface area contributed by atoms with Crippen LogP contribution in [0.5, 0.6) is 0 Å². The lowest BCUT2D eigenvalue weighted by Crippen LogP contribution is -2.59. The molecule has 0 bridgehead atoms. The lowest BCUT2D eigenvalue weighted by molar-refractivity contribution is -0.130. The number of hydrogen-bond acceptors (Lipinski definition) is 3. The third kappa shape index (κ3) is 3.24. The summed E-state index contributed by atoms with van der Waals surface area (Å²) in [5.41, 5.74) is -0.966. The molecule has 1 aromatic rings. The molecule has 1 saturated heterocycles. The van der Waals surface area contributed by atoms with E-state index in [0.29, 0.717) is 25.2 Å². The lowest BCUT2D eigenvalue weighted by Gasteiger charge is -2.38. The van der Waals surface area contributed by atoms with Crippen LogP contribution in [0.25, 0.3) is 0 Å². The zero-order valence-electron chi connectivity index (χ0n) is 10.2. The van der Waals surface area contributed by atoms with Crippen LogP contribution in [0.4, 0.5) is 18.9 Å². The second-order valence-corrected chi connectivity index (χ2v) is 4.64. The fraction of sp³-hybridized carbons (Fsp3) is 0.417. The Kier molecular flexibility index (Phi) is 3.77. The molecule has 1 heterocycles. The zero-order valence-corrected chi connectivity index (χ0v) is 10.2. The monoisotopic (exact) mass is 274 g/mol. The number of carbonyl (C=O) groups is 1. The van der Waals surface area contributed by atoms with Gasteiger partial charge in [-0.05, 0) is 6.92 Å². The van der Waals surface area contributed by atoms with Gasteiger partial charge in [0.15, 0.2) is 11.6 Å². The molecule has 4 nitrogen and oxygen atoms in total. The lowest BCUT2D eigenvalue weighted by atomic mass is 10.0. The van der Waals surface area contributed by atoms with Crippen molar-refractivity contribution in [3.8, 4) is 0 Å². The Bertz CT molecular complexity index is 504. The highest BCUT2D eigenvalue weighted by atomic mass is 19.2. The molecule has 2 rings (SSSR count). The van der Waals surface area contributed by atoms with Gasteiger partial charge in [0, 0.05) is 25.2 Å². The average Bonchev–Trinajstić information content (AvgIpc) is 2.30. The van der Waals surface area contributed by atoms with Crippen molar-refractivity contribution in [1.82, 2.24) is 5.32 Å². The standard InChI is InChI=1S/C12H13F3N2O2/c1-12(5-16-6-12)19-4-10(18)17-9-3-7(13)2-8(14)11(9)15/h2-3,16H,4-6H2,1H3,(H,17,18). The van der Waals surface area contributed by atoms with Crippen LogP contribution in [0.3, 0.4) is 0 Å². The summed E-state index contributed by atoms with van der Waals surface area (Å²) in [4.78, 5) is 11.5. The highest BCUT2D eigenvalue weighted by Gasteiger charge is 2.33. The van der Waals surface area contributed by atoms with Gasteiger partial charge in [0.25, 0.3) is 0 Å². The zero-order chi connectivity index (χ0) is 14.0. The Balaban J connectivity index is 1.95. The topological polar surface area (TPSA) is 50.4 Å². The maximum absolute atomic E-state index is 13.3. The SMILES string of the molecule is CC1(OCC(=O)Nc2cc(F)cc(F)c2F)CNC1. The van der Waals surface area contributed by atoms with Gasteiger partial charge < -0.3 is 15.4 Å². The summed E-state index contributed by atoms with van der Waals surface area (Å²) in [6, 6.07) is 1.12. The van der Waals surface area contributed by atoms with Crippen molar-refractivity contribution in [3.63, 3.8) is 0 Å². The fourth-order valence-electron chi connectivity index (χ4n) is 1.65. The molecule has 19 heavy (non-hydrogen) atoms. The molecule has 0 saturated carbocycles. The van der Waals surface area contributed by atoms with Crippen molar-refractivity contribution < 1.29 is 22.7 Å². The number of ether oxygens (including phenoxy) is 1. The van der Waals surface area contributed by atoms with Gasteiger partial charge in [-0.1, -0.05) is 0 Å². The largest absolute Gasteiger partial charge is 0.363 e. The van der Waals surface area contributed by atoms with Gasteiger partial charge in [0.1, 0.15) is 12.4 Å². The van der Waals surface area contributed by atoms with Crippen LogP contribution in [-0.2, 0) is 9.53 Å². The van der Waals surface area contributed by atoms with Crippen LogP contribution in [-0.4, -0.2) is 31.2 Å². The van der Waals surface area contributed by atoms with Crippen LogP contribution in [0.15, 0.2) is 12.1 Å². The summed E-state index contributed by atoms with van der Waals surface area (Å²) >= 11 is 0. The molecular formula is C12H13F3N2O2. The van der Waals surface area contributed by atoms with Gasteiger partial charge in [-0.3, -0.25) is 4.79 Å². The molecule has 1 aromatic carbocycles. The minimum absolute atomic E-state index is 0.310. The fourth-order valence-corrected chi connectivity index (χ4v) is 1.65. The molecule has 2 N–H and O–H groups in total. The minimum atomic E-state index is -1.36. The Hall–Kier alpha value is -1.60. The molecule has 1 aliphatic rings. The van der Waals surface area contributed by atoms with Gasteiger partial charge in [-0.25, -0.2) is 13.2 Å². The molecule has 1 aliphatic heterocycles. The molecule has 7 heteroatoms. The van der Waals surface area contributed by atoms with Gasteiger partial charge in [0.05, 0.1) is 11.3 Å². The van der Waals surface area contributed by atoms with E-state index in [-0.39, 0.29) is 6.61 Å². The molecule has 1 amide bonds. The number of rotatable bonds is 4. The first-order valence-electron chi connectivity index (χ1n) is 5.69. The number of nitrogens with one attached hydrogen (secondary N) is 2. The van der Waals surface area contributed by atoms with Crippen molar-refractivity contribution >= 4 is 11.6 Å². The quantitative estimate of drug-likeness (QED) is 0.816. The maximum atomic E-state index is 13.3. The molecule has 0 aliphatic carbocycles. The predicted molar refractivity (Wildman–Crippen MR) is 62.2 cm³/mol. The Morgan fingerprint density at radius 1 is 1.42 bits per heavy atom. The van der Waals surface area contributed by atoms with Crippen molar-refractivity contribution in [2.24, 2.45) is 0 Å². The Labute approximate surface area is 107 Å². The highest BCUT2D eigenvalue weighted by molar-refractivity contribution is 5.91. The van der Waals surface area contributed by atoms with Crippen molar-refractivity contribution in [3.05, 3.63) is 29.6 Å². The van der Waals surface area contributed by atoms with E-state index in [0.717, 1.165) is 0 Å². The average molecular weight is 274 g/mol. The summed E-state index contributed by atoms with van der Waals surface area (Å²) in [6.45, 7) is 2.74. The molecule has 0 aromatic heterocycles. The molecule has 0 atom stereocenters. The van der Waals surface area contributed by atoms with Crippen LogP contribution in [0.2, 0.25) is 0 Å². The summed E-state index contributed by atoms with van der Waals surface area (Å²) in [5, 5.41) is 5.06.